The van der Waals surface area contributed by atoms with Gasteiger partial charge < -0.3 is 9.47 Å². The SMILES string of the molecule is C=C(C)C1CC=C(C)C(OC)(OC)C1. The highest BCUT2D eigenvalue weighted by Crippen LogP contribution is 2.38. The van der Waals surface area contributed by atoms with Crippen molar-refractivity contribution in [3.05, 3.63) is 23.8 Å². The van der Waals surface area contributed by atoms with Gasteiger partial charge >= 0.3 is 0 Å². The second-order valence-electron chi connectivity index (χ2n) is 4.03. The van der Waals surface area contributed by atoms with E-state index in [0.29, 0.717) is 5.92 Å². The molecular formula is C12H20O2. The maximum absolute atomic E-state index is 5.49. The molecule has 0 bridgehead atoms. The Bertz CT molecular complexity index is 249. The number of rotatable bonds is 3. The summed E-state index contributed by atoms with van der Waals surface area (Å²) in [5.74, 6) is -0.0550. The Hall–Kier alpha value is -0.600. The maximum atomic E-state index is 5.49. The van der Waals surface area contributed by atoms with Crippen molar-refractivity contribution in [3.8, 4) is 0 Å². The molecule has 0 fully saturated rings. The van der Waals surface area contributed by atoms with E-state index in [1.807, 2.05) is 0 Å². The molecule has 0 spiro atoms. The molecule has 0 saturated carbocycles. The molecule has 0 radical (unpaired) electrons. The first-order valence-corrected chi connectivity index (χ1v) is 4.98. The predicted octanol–water partition coefficient (Wildman–Crippen LogP) is 2.91. The van der Waals surface area contributed by atoms with E-state index in [0.717, 1.165) is 12.8 Å². The van der Waals surface area contributed by atoms with Gasteiger partial charge in [0.15, 0.2) is 5.79 Å². The zero-order chi connectivity index (χ0) is 10.8. The maximum Gasteiger partial charge on any atom is 0.190 e. The minimum atomic E-state index is -0.526. The van der Waals surface area contributed by atoms with Gasteiger partial charge in [-0.3, -0.25) is 0 Å². The van der Waals surface area contributed by atoms with Crippen LogP contribution in [-0.2, 0) is 9.47 Å². The van der Waals surface area contributed by atoms with Gasteiger partial charge in [-0.15, -0.1) is 0 Å². The molecule has 0 N–H and O–H groups in total. The third-order valence-electron chi connectivity index (χ3n) is 3.18. The standard InChI is InChI=1S/C12H20O2/c1-9(2)11-7-6-10(3)12(8-11,13-4)14-5/h6,11H,1,7-8H2,2-5H3. The fraction of sp³-hybridized carbons (Fsp3) is 0.667. The van der Waals surface area contributed by atoms with Crippen molar-refractivity contribution in [1.82, 2.24) is 0 Å². The second kappa shape index (κ2) is 4.28. The van der Waals surface area contributed by atoms with Crippen LogP contribution >= 0.6 is 0 Å². The van der Waals surface area contributed by atoms with Crippen LogP contribution in [0.5, 0.6) is 0 Å². The highest BCUT2D eigenvalue weighted by molar-refractivity contribution is 5.19. The van der Waals surface area contributed by atoms with Crippen LogP contribution in [0, 0.1) is 5.92 Å². The van der Waals surface area contributed by atoms with E-state index >= 15 is 0 Å². The zero-order valence-electron chi connectivity index (χ0n) is 9.59. The topological polar surface area (TPSA) is 18.5 Å². The summed E-state index contributed by atoms with van der Waals surface area (Å²) in [4.78, 5) is 0. The molecule has 0 aromatic carbocycles. The van der Waals surface area contributed by atoms with E-state index in [1.54, 1.807) is 14.2 Å². The average Bonchev–Trinajstić information content (AvgIpc) is 2.19. The summed E-state index contributed by atoms with van der Waals surface area (Å²) in [7, 11) is 3.39. The lowest BCUT2D eigenvalue weighted by molar-refractivity contribution is -0.190. The Morgan fingerprint density at radius 1 is 1.50 bits per heavy atom. The van der Waals surface area contributed by atoms with Crippen molar-refractivity contribution in [2.75, 3.05) is 14.2 Å². The summed E-state index contributed by atoms with van der Waals surface area (Å²) in [6, 6.07) is 0. The quantitative estimate of drug-likeness (QED) is 0.510. The van der Waals surface area contributed by atoms with Crippen LogP contribution in [-0.4, -0.2) is 20.0 Å². The normalized spacial score (nSPS) is 25.7. The highest BCUT2D eigenvalue weighted by Gasteiger charge is 2.37. The largest absolute Gasteiger partial charge is 0.349 e. The van der Waals surface area contributed by atoms with Crippen molar-refractivity contribution >= 4 is 0 Å². The first-order chi connectivity index (χ1) is 6.55. The molecule has 1 aliphatic carbocycles. The Kier molecular flexibility index (Phi) is 3.51. The van der Waals surface area contributed by atoms with Gasteiger partial charge in [-0.25, -0.2) is 0 Å². The van der Waals surface area contributed by atoms with E-state index in [1.165, 1.54) is 11.1 Å². The fourth-order valence-electron chi connectivity index (χ4n) is 1.99. The molecular weight excluding hydrogens is 176 g/mol. The van der Waals surface area contributed by atoms with E-state index in [-0.39, 0.29) is 0 Å². The molecule has 0 aromatic rings. The van der Waals surface area contributed by atoms with Crippen LogP contribution in [0.4, 0.5) is 0 Å². The molecule has 1 aliphatic rings. The molecule has 1 atom stereocenters. The van der Waals surface area contributed by atoms with Crippen molar-refractivity contribution in [3.63, 3.8) is 0 Å². The zero-order valence-corrected chi connectivity index (χ0v) is 9.59. The van der Waals surface area contributed by atoms with Crippen LogP contribution < -0.4 is 0 Å². The second-order valence-corrected chi connectivity index (χ2v) is 4.03. The first kappa shape index (κ1) is 11.5. The Labute approximate surface area is 86.6 Å². The molecule has 2 nitrogen and oxygen atoms in total. The minimum absolute atomic E-state index is 0.471. The van der Waals surface area contributed by atoms with Gasteiger partial charge in [0, 0.05) is 20.6 Å². The van der Waals surface area contributed by atoms with Gasteiger partial charge in [0.1, 0.15) is 0 Å². The van der Waals surface area contributed by atoms with E-state index in [4.69, 9.17) is 9.47 Å². The summed E-state index contributed by atoms with van der Waals surface area (Å²) in [5, 5.41) is 0. The van der Waals surface area contributed by atoms with Crippen molar-refractivity contribution in [2.45, 2.75) is 32.5 Å². The van der Waals surface area contributed by atoms with Gasteiger partial charge in [-0.05, 0) is 31.8 Å². The Morgan fingerprint density at radius 2 is 2.07 bits per heavy atom. The van der Waals surface area contributed by atoms with Crippen LogP contribution in [0.15, 0.2) is 23.8 Å². The molecule has 1 unspecified atom stereocenters. The number of allylic oxidation sites excluding steroid dienone is 2. The number of methoxy groups -OCH3 is 2. The van der Waals surface area contributed by atoms with E-state index in [2.05, 4.69) is 26.5 Å². The van der Waals surface area contributed by atoms with Crippen molar-refractivity contribution < 1.29 is 9.47 Å². The number of hydrogen-bond acceptors (Lipinski definition) is 2. The molecule has 0 heterocycles. The van der Waals surface area contributed by atoms with Gasteiger partial charge in [0.2, 0.25) is 0 Å². The predicted molar refractivity (Wildman–Crippen MR) is 58.0 cm³/mol. The van der Waals surface area contributed by atoms with Crippen LogP contribution in [0.2, 0.25) is 0 Å². The summed E-state index contributed by atoms with van der Waals surface area (Å²) in [6.07, 6.45) is 4.11. The summed E-state index contributed by atoms with van der Waals surface area (Å²) in [6.45, 7) is 8.12. The molecule has 0 aromatic heterocycles. The molecule has 80 valence electrons. The molecule has 14 heavy (non-hydrogen) atoms. The first-order valence-electron chi connectivity index (χ1n) is 4.98. The molecule has 2 heteroatoms. The van der Waals surface area contributed by atoms with Gasteiger partial charge in [0.25, 0.3) is 0 Å². The third kappa shape index (κ3) is 1.91. The van der Waals surface area contributed by atoms with Crippen molar-refractivity contribution in [1.29, 1.82) is 0 Å². The molecule has 0 aliphatic heterocycles. The Morgan fingerprint density at radius 3 is 2.50 bits per heavy atom. The smallest absolute Gasteiger partial charge is 0.190 e. The van der Waals surface area contributed by atoms with Gasteiger partial charge in [-0.1, -0.05) is 18.2 Å². The molecule has 0 amide bonds. The highest BCUT2D eigenvalue weighted by atomic mass is 16.7. The summed E-state index contributed by atoms with van der Waals surface area (Å²) >= 11 is 0. The molecule has 1 rings (SSSR count). The van der Waals surface area contributed by atoms with E-state index in [9.17, 15) is 0 Å². The lowest BCUT2D eigenvalue weighted by atomic mass is 9.82. The minimum Gasteiger partial charge on any atom is -0.349 e. The van der Waals surface area contributed by atoms with E-state index < -0.39 is 5.79 Å². The Balaban J connectivity index is 2.90. The lowest BCUT2D eigenvalue weighted by Crippen LogP contribution is -2.39. The monoisotopic (exact) mass is 196 g/mol. The summed E-state index contributed by atoms with van der Waals surface area (Å²) < 4.78 is 11.0. The average molecular weight is 196 g/mol. The summed E-state index contributed by atoms with van der Waals surface area (Å²) in [5.41, 5.74) is 2.37. The lowest BCUT2D eigenvalue weighted by Gasteiger charge is -2.38. The molecule has 0 saturated heterocycles. The third-order valence-corrected chi connectivity index (χ3v) is 3.18. The van der Waals surface area contributed by atoms with Crippen LogP contribution in [0.1, 0.15) is 26.7 Å². The fourth-order valence-corrected chi connectivity index (χ4v) is 1.99. The number of hydrogen-bond donors (Lipinski definition) is 0. The van der Waals surface area contributed by atoms with Crippen LogP contribution in [0.3, 0.4) is 0 Å². The van der Waals surface area contributed by atoms with Crippen LogP contribution in [0.25, 0.3) is 0 Å². The van der Waals surface area contributed by atoms with Gasteiger partial charge in [0.05, 0.1) is 0 Å². The number of ether oxygens (including phenoxy) is 2. The van der Waals surface area contributed by atoms with Crippen molar-refractivity contribution in [2.24, 2.45) is 5.92 Å². The van der Waals surface area contributed by atoms with Gasteiger partial charge in [-0.2, -0.15) is 0 Å².